The van der Waals surface area contributed by atoms with Gasteiger partial charge < -0.3 is 30.3 Å². The predicted molar refractivity (Wildman–Crippen MR) is 246 cm³/mol. The van der Waals surface area contributed by atoms with Gasteiger partial charge in [0.25, 0.3) is 0 Å². The third kappa shape index (κ3) is 41.5. The number of aliphatic hydroxyl groups excluding tert-OH is 1. The third-order valence-electron chi connectivity index (χ3n) is 8.92. The average Bonchev–Trinajstić information content (AvgIpc) is 3.23. The Balaban J connectivity index is 4.67. The van der Waals surface area contributed by atoms with Gasteiger partial charge in [-0.1, -0.05) is 156 Å². The summed E-state index contributed by atoms with van der Waals surface area (Å²) in [6, 6.07) is -1.56. The van der Waals surface area contributed by atoms with E-state index in [4.69, 9.17) is 24.8 Å². The average molecular weight is 876 g/mol. The predicted octanol–water partition coefficient (Wildman–Crippen LogP) is 11.0. The lowest BCUT2D eigenvalue weighted by Crippen LogP contribution is -2.34. The molecule has 0 aromatic heterocycles. The number of aliphatic carboxylic acids is 1. The fourth-order valence-corrected chi connectivity index (χ4v) is 6.13. The van der Waals surface area contributed by atoms with Crippen LogP contribution in [0.3, 0.4) is 0 Å². The monoisotopic (exact) mass is 876 g/mol. The van der Waals surface area contributed by atoms with Crippen LogP contribution in [0.4, 0.5) is 0 Å². The third-order valence-corrected chi connectivity index (χ3v) is 9.87. The number of rotatable bonds is 40. The Bertz CT molecular complexity index is 1420. The van der Waals surface area contributed by atoms with E-state index in [1.54, 1.807) is 12.2 Å². The molecule has 0 aliphatic heterocycles. The molecule has 0 aliphatic rings. The van der Waals surface area contributed by atoms with Gasteiger partial charge in [0.15, 0.2) is 6.10 Å². The minimum absolute atomic E-state index is 0.00708. The second-order valence-electron chi connectivity index (χ2n) is 14.7. The van der Waals surface area contributed by atoms with Gasteiger partial charge in [-0.15, -0.1) is 0 Å². The molecular weight excluding hydrogens is 797 g/mol. The summed E-state index contributed by atoms with van der Waals surface area (Å²) in [6.45, 7) is 2.48. The number of phosphoric acid groups is 1. The Morgan fingerprint density at radius 1 is 0.590 bits per heavy atom. The molecule has 13 heteroatoms. The molecule has 0 radical (unpaired) electrons. The summed E-state index contributed by atoms with van der Waals surface area (Å²) < 4.78 is 32.5. The molecule has 346 valence electrons. The quantitative estimate of drug-likeness (QED) is 0.0150. The number of unbranched alkanes of at least 4 members (excludes halogenated alkanes) is 9. The van der Waals surface area contributed by atoms with Crippen molar-refractivity contribution in [1.82, 2.24) is 0 Å². The van der Waals surface area contributed by atoms with Gasteiger partial charge in [-0.25, -0.2) is 4.57 Å². The number of carbonyl (C=O) groups is 3. The van der Waals surface area contributed by atoms with Crippen molar-refractivity contribution in [3.8, 4) is 0 Å². The molecule has 5 N–H and O–H groups in total. The van der Waals surface area contributed by atoms with Gasteiger partial charge in [0.05, 0.1) is 19.3 Å². The van der Waals surface area contributed by atoms with Crippen molar-refractivity contribution in [2.45, 2.75) is 167 Å². The van der Waals surface area contributed by atoms with Crippen molar-refractivity contribution in [1.29, 1.82) is 0 Å². The van der Waals surface area contributed by atoms with Gasteiger partial charge in [0, 0.05) is 12.8 Å². The van der Waals surface area contributed by atoms with Gasteiger partial charge >= 0.3 is 25.7 Å². The number of ether oxygens (including phenoxy) is 2. The molecule has 0 heterocycles. The van der Waals surface area contributed by atoms with Crippen molar-refractivity contribution in [3.63, 3.8) is 0 Å². The molecule has 2 unspecified atom stereocenters. The number of allylic oxidation sites excluding steroid dienone is 15. The highest BCUT2D eigenvalue weighted by atomic mass is 31.2. The molecule has 0 saturated heterocycles. The van der Waals surface area contributed by atoms with Crippen LogP contribution in [0.1, 0.15) is 149 Å². The van der Waals surface area contributed by atoms with Crippen LogP contribution in [0.2, 0.25) is 0 Å². The highest BCUT2D eigenvalue weighted by molar-refractivity contribution is 7.47. The highest BCUT2D eigenvalue weighted by Crippen LogP contribution is 2.43. The molecule has 4 atom stereocenters. The van der Waals surface area contributed by atoms with Crippen LogP contribution in [0.15, 0.2) is 97.2 Å². The van der Waals surface area contributed by atoms with E-state index in [1.807, 2.05) is 30.4 Å². The van der Waals surface area contributed by atoms with Gasteiger partial charge in [-0.3, -0.25) is 23.4 Å². The van der Waals surface area contributed by atoms with Crippen LogP contribution >= 0.6 is 7.82 Å². The summed E-state index contributed by atoms with van der Waals surface area (Å²) in [7, 11) is -4.79. The van der Waals surface area contributed by atoms with Crippen LogP contribution < -0.4 is 5.73 Å². The molecular formula is C48H78NO11P. The zero-order chi connectivity index (χ0) is 45.1. The molecule has 0 spiro atoms. The van der Waals surface area contributed by atoms with Crippen LogP contribution in [0, 0.1) is 0 Å². The number of carbonyl (C=O) groups excluding carboxylic acids is 2. The van der Waals surface area contributed by atoms with Crippen molar-refractivity contribution < 1.29 is 52.6 Å². The van der Waals surface area contributed by atoms with Crippen LogP contribution in [-0.4, -0.2) is 71.1 Å². The smallest absolute Gasteiger partial charge is 0.472 e. The van der Waals surface area contributed by atoms with Crippen LogP contribution in [-0.2, 0) is 37.5 Å². The molecule has 0 fully saturated rings. The van der Waals surface area contributed by atoms with Crippen LogP contribution in [0.25, 0.3) is 0 Å². The summed E-state index contributed by atoms with van der Waals surface area (Å²) in [4.78, 5) is 46.0. The van der Waals surface area contributed by atoms with Gasteiger partial charge in [0.2, 0.25) is 0 Å². The maximum atomic E-state index is 12.6. The van der Waals surface area contributed by atoms with Gasteiger partial charge in [-0.2, -0.15) is 0 Å². The highest BCUT2D eigenvalue weighted by Gasteiger charge is 2.28. The van der Waals surface area contributed by atoms with E-state index in [-0.39, 0.29) is 12.8 Å². The van der Waals surface area contributed by atoms with E-state index >= 15 is 0 Å². The topological polar surface area (TPSA) is 192 Å². The first-order chi connectivity index (χ1) is 29.5. The van der Waals surface area contributed by atoms with Crippen molar-refractivity contribution in [2.24, 2.45) is 5.73 Å². The van der Waals surface area contributed by atoms with E-state index in [9.17, 15) is 28.9 Å². The Morgan fingerprint density at radius 2 is 1.08 bits per heavy atom. The Kier molecular flexibility index (Phi) is 39.2. The largest absolute Gasteiger partial charge is 0.480 e. The minimum Gasteiger partial charge on any atom is -0.480 e. The van der Waals surface area contributed by atoms with E-state index in [0.717, 1.165) is 38.5 Å². The summed E-state index contributed by atoms with van der Waals surface area (Å²) in [5, 5.41) is 19.1. The van der Waals surface area contributed by atoms with E-state index in [2.05, 4.69) is 73.1 Å². The molecule has 0 rings (SSSR count). The van der Waals surface area contributed by atoms with Gasteiger partial charge in [0.1, 0.15) is 12.6 Å². The van der Waals surface area contributed by atoms with Crippen molar-refractivity contribution in [2.75, 3.05) is 19.8 Å². The number of phosphoric ester groups is 1. The molecule has 0 saturated carbocycles. The Hall–Kier alpha value is -3.64. The number of nitrogens with two attached hydrogens (primary N) is 1. The second kappa shape index (κ2) is 41.7. The fraction of sp³-hybridized carbons (Fsp3) is 0.604. The standard InChI is InChI=1S/C48H78NO11P/c1-3-5-7-9-11-13-15-17-18-19-20-21-22-24-26-28-30-32-34-38-47(52)60-44(41-58-61(55,56)59-42-45(49)48(53)54)40-57-46(51)39-35-37-43(50)36-33-31-29-27-25-23-16-14-12-10-8-6-4-2/h11,13,17-18,20-21,23-26,29-33,36,43-45,50H,3-10,12,14-16,19,22,27-28,34-35,37-42,49H2,1-2H3,(H,53,54)(H,55,56)/b13-11-,18-17-,21-20-,25-23+,26-24-,31-29+,32-30-,36-33+/t43?,44-,45+/m1/s1. The molecule has 0 amide bonds. The number of hydrogen-bond donors (Lipinski definition) is 4. The number of carboxylic acids is 1. The molecule has 0 aromatic rings. The lowest BCUT2D eigenvalue weighted by Gasteiger charge is -2.20. The molecule has 0 aliphatic carbocycles. The van der Waals surface area contributed by atoms with Crippen molar-refractivity contribution in [3.05, 3.63) is 97.2 Å². The summed E-state index contributed by atoms with van der Waals surface area (Å²) in [6.07, 6.45) is 49.5. The number of aliphatic hydroxyl groups is 1. The summed E-state index contributed by atoms with van der Waals surface area (Å²) >= 11 is 0. The zero-order valence-corrected chi connectivity index (χ0v) is 38.0. The lowest BCUT2D eigenvalue weighted by atomic mass is 10.1. The SMILES string of the molecule is CCCCC/C=C\C/C=C\C/C=C\C/C=C\C/C=C\CCC(=O)O[C@H](COC(=O)CCCC(O)/C=C/C=C/C/C=C/CCCCCCCC)COP(=O)(O)OC[C@H](N)C(=O)O. The maximum absolute atomic E-state index is 12.6. The Labute approximate surface area is 367 Å². The van der Waals surface area contributed by atoms with E-state index in [0.29, 0.717) is 25.7 Å². The first kappa shape index (κ1) is 57.4. The number of esters is 2. The summed E-state index contributed by atoms with van der Waals surface area (Å²) in [5.74, 6) is -2.72. The zero-order valence-electron chi connectivity index (χ0n) is 37.1. The molecule has 61 heavy (non-hydrogen) atoms. The first-order valence-electron chi connectivity index (χ1n) is 22.4. The van der Waals surface area contributed by atoms with Crippen molar-refractivity contribution >= 4 is 25.7 Å². The molecule has 12 nitrogen and oxygen atoms in total. The number of hydrogen-bond acceptors (Lipinski definition) is 10. The second-order valence-corrected chi connectivity index (χ2v) is 16.1. The van der Waals surface area contributed by atoms with E-state index in [1.165, 1.54) is 57.8 Å². The number of carboxylic acid groups (broad SMARTS) is 1. The van der Waals surface area contributed by atoms with Gasteiger partial charge in [-0.05, 0) is 77.0 Å². The van der Waals surface area contributed by atoms with E-state index < -0.39 is 63.8 Å². The first-order valence-corrected chi connectivity index (χ1v) is 23.9. The minimum atomic E-state index is -4.79. The summed E-state index contributed by atoms with van der Waals surface area (Å²) in [5.41, 5.74) is 5.32. The fourth-order valence-electron chi connectivity index (χ4n) is 5.35. The maximum Gasteiger partial charge on any atom is 0.472 e. The normalized spacial score (nSPS) is 15.1. The van der Waals surface area contributed by atoms with Crippen LogP contribution in [0.5, 0.6) is 0 Å². The lowest BCUT2D eigenvalue weighted by molar-refractivity contribution is -0.161. The Morgan fingerprint density at radius 3 is 1.67 bits per heavy atom. The molecule has 0 aromatic carbocycles. The molecule has 0 bridgehead atoms.